The van der Waals surface area contributed by atoms with E-state index in [0.717, 1.165) is 24.8 Å². The van der Waals surface area contributed by atoms with Gasteiger partial charge in [0.2, 0.25) is 0 Å². The Balaban J connectivity index is 2.07. The van der Waals surface area contributed by atoms with E-state index in [4.69, 9.17) is 11.6 Å². The maximum Gasteiger partial charge on any atom is 0.307 e. The van der Waals surface area contributed by atoms with Crippen LogP contribution in [0.1, 0.15) is 24.8 Å². The minimum Gasteiger partial charge on any atom is -0.481 e. The SMILES string of the molecule is O=C(O)C1C2CCC1(c1ccccc1Cl)C2. The second-order valence-electron chi connectivity index (χ2n) is 4.95. The number of hydrogen-bond donors (Lipinski definition) is 1. The summed E-state index contributed by atoms with van der Waals surface area (Å²) < 4.78 is 0. The minimum atomic E-state index is -0.659. The molecule has 1 aromatic rings. The number of hydrogen-bond acceptors (Lipinski definition) is 1. The fourth-order valence-corrected chi connectivity index (χ4v) is 4.01. The van der Waals surface area contributed by atoms with Gasteiger partial charge in [-0.2, -0.15) is 0 Å². The maximum absolute atomic E-state index is 11.3. The van der Waals surface area contributed by atoms with Gasteiger partial charge >= 0.3 is 5.97 Å². The van der Waals surface area contributed by atoms with Crippen molar-refractivity contribution in [1.29, 1.82) is 0 Å². The Morgan fingerprint density at radius 3 is 2.81 bits per heavy atom. The van der Waals surface area contributed by atoms with E-state index in [1.807, 2.05) is 24.3 Å². The third-order valence-electron chi connectivity index (χ3n) is 4.33. The first-order valence-corrected chi connectivity index (χ1v) is 6.01. The van der Waals surface area contributed by atoms with Gasteiger partial charge in [0.1, 0.15) is 0 Å². The summed E-state index contributed by atoms with van der Waals surface area (Å²) in [5.41, 5.74) is 0.868. The number of rotatable bonds is 2. The maximum atomic E-state index is 11.3. The van der Waals surface area contributed by atoms with Crippen LogP contribution in [0, 0.1) is 11.8 Å². The Labute approximate surface area is 99.2 Å². The zero-order valence-electron chi connectivity index (χ0n) is 8.82. The summed E-state index contributed by atoms with van der Waals surface area (Å²) in [6, 6.07) is 7.68. The van der Waals surface area contributed by atoms with Crippen LogP contribution in [-0.4, -0.2) is 11.1 Å². The smallest absolute Gasteiger partial charge is 0.307 e. The van der Waals surface area contributed by atoms with Crippen molar-refractivity contribution in [3.05, 3.63) is 34.9 Å². The summed E-state index contributed by atoms with van der Waals surface area (Å²) in [6.07, 6.45) is 2.99. The molecule has 16 heavy (non-hydrogen) atoms. The van der Waals surface area contributed by atoms with Crippen LogP contribution in [0.4, 0.5) is 0 Å². The predicted octanol–water partition coefficient (Wildman–Crippen LogP) is 3.09. The standard InChI is InChI=1S/C13H13ClO2/c14-10-4-2-1-3-9(10)13-6-5-8(7-13)11(13)12(15)16/h1-4,8,11H,5-7H2,(H,15,16). The van der Waals surface area contributed by atoms with Crippen molar-refractivity contribution in [2.75, 3.05) is 0 Å². The van der Waals surface area contributed by atoms with Gasteiger partial charge in [0.15, 0.2) is 0 Å². The molecule has 0 amide bonds. The summed E-state index contributed by atoms with van der Waals surface area (Å²) in [7, 11) is 0. The second kappa shape index (κ2) is 3.24. The average molecular weight is 237 g/mol. The Morgan fingerprint density at radius 1 is 1.44 bits per heavy atom. The van der Waals surface area contributed by atoms with Crippen LogP contribution < -0.4 is 0 Å². The number of carboxylic acids is 1. The molecule has 2 nitrogen and oxygen atoms in total. The fraction of sp³-hybridized carbons (Fsp3) is 0.462. The molecule has 0 radical (unpaired) electrons. The molecule has 4 rings (SSSR count). The number of halogens is 1. The number of carboxylic acid groups (broad SMARTS) is 1. The zero-order valence-corrected chi connectivity index (χ0v) is 9.57. The highest BCUT2D eigenvalue weighted by Gasteiger charge is 2.63. The molecule has 3 fully saturated rings. The highest BCUT2D eigenvalue weighted by Crippen LogP contribution is 2.64. The van der Waals surface area contributed by atoms with Crippen molar-refractivity contribution < 1.29 is 9.90 Å². The lowest BCUT2D eigenvalue weighted by Gasteiger charge is -2.45. The molecular weight excluding hydrogens is 224 g/mol. The molecule has 1 N–H and O–H groups in total. The van der Waals surface area contributed by atoms with Crippen LogP contribution in [0.2, 0.25) is 5.02 Å². The van der Waals surface area contributed by atoms with Crippen LogP contribution in [0.15, 0.2) is 24.3 Å². The Morgan fingerprint density at radius 2 is 2.19 bits per heavy atom. The molecule has 0 aromatic heterocycles. The lowest BCUT2D eigenvalue weighted by Crippen LogP contribution is -2.48. The molecule has 2 bridgehead atoms. The van der Waals surface area contributed by atoms with Gasteiger partial charge in [-0.05, 0) is 36.8 Å². The molecule has 3 aliphatic rings. The summed E-state index contributed by atoms with van der Waals surface area (Å²) in [4.78, 5) is 11.3. The summed E-state index contributed by atoms with van der Waals surface area (Å²) in [6.45, 7) is 0. The van der Waals surface area contributed by atoms with Gasteiger partial charge in [-0.15, -0.1) is 0 Å². The van der Waals surface area contributed by atoms with Gasteiger partial charge in [-0.3, -0.25) is 4.79 Å². The van der Waals surface area contributed by atoms with E-state index in [1.165, 1.54) is 0 Å². The molecule has 0 aliphatic heterocycles. The lowest BCUT2D eigenvalue weighted by atomic mass is 9.57. The minimum absolute atomic E-state index is 0.172. The quantitative estimate of drug-likeness (QED) is 0.857. The molecule has 84 valence electrons. The van der Waals surface area contributed by atoms with Gasteiger partial charge in [0.25, 0.3) is 0 Å². The number of benzene rings is 1. The summed E-state index contributed by atoms with van der Waals surface area (Å²) in [5.74, 6) is -0.505. The van der Waals surface area contributed by atoms with E-state index in [9.17, 15) is 9.90 Å². The largest absolute Gasteiger partial charge is 0.481 e. The van der Waals surface area contributed by atoms with E-state index in [1.54, 1.807) is 0 Å². The average Bonchev–Trinajstić information content (AvgIpc) is 2.75. The van der Waals surface area contributed by atoms with Gasteiger partial charge in [-0.1, -0.05) is 29.8 Å². The summed E-state index contributed by atoms with van der Waals surface area (Å²) in [5, 5.41) is 10.0. The van der Waals surface area contributed by atoms with Crippen LogP contribution in [0.25, 0.3) is 0 Å². The van der Waals surface area contributed by atoms with Crippen molar-refractivity contribution in [3.63, 3.8) is 0 Å². The molecule has 0 heterocycles. The van der Waals surface area contributed by atoms with Crippen LogP contribution in [-0.2, 0) is 10.2 Å². The Kier molecular flexibility index (Phi) is 2.05. The predicted molar refractivity (Wildman–Crippen MR) is 61.6 cm³/mol. The topological polar surface area (TPSA) is 37.3 Å². The van der Waals surface area contributed by atoms with Crippen LogP contribution in [0.3, 0.4) is 0 Å². The van der Waals surface area contributed by atoms with Crippen molar-refractivity contribution >= 4 is 17.6 Å². The Hall–Kier alpha value is -1.02. The number of fused-ring (bicyclic) bond motifs is 1. The molecule has 0 spiro atoms. The van der Waals surface area contributed by atoms with E-state index in [2.05, 4.69) is 0 Å². The number of aliphatic carboxylic acids is 1. The van der Waals surface area contributed by atoms with E-state index < -0.39 is 5.97 Å². The fourth-order valence-electron chi connectivity index (χ4n) is 3.69. The molecule has 3 heteroatoms. The zero-order chi connectivity index (χ0) is 11.3. The third-order valence-corrected chi connectivity index (χ3v) is 4.66. The second-order valence-corrected chi connectivity index (χ2v) is 5.36. The highest BCUT2D eigenvalue weighted by atomic mass is 35.5. The Bertz CT molecular complexity index is 453. The number of carbonyl (C=O) groups is 1. The molecule has 3 unspecified atom stereocenters. The van der Waals surface area contributed by atoms with Gasteiger partial charge in [0, 0.05) is 10.4 Å². The molecule has 3 saturated carbocycles. The van der Waals surface area contributed by atoms with E-state index in [-0.39, 0.29) is 11.3 Å². The first-order valence-electron chi connectivity index (χ1n) is 5.63. The van der Waals surface area contributed by atoms with E-state index in [0.29, 0.717) is 10.9 Å². The van der Waals surface area contributed by atoms with Crippen molar-refractivity contribution in [1.82, 2.24) is 0 Å². The molecule has 3 aliphatic carbocycles. The van der Waals surface area contributed by atoms with E-state index >= 15 is 0 Å². The van der Waals surface area contributed by atoms with Gasteiger partial charge in [0.05, 0.1) is 5.92 Å². The first-order chi connectivity index (χ1) is 7.65. The highest BCUT2D eigenvalue weighted by molar-refractivity contribution is 6.31. The van der Waals surface area contributed by atoms with Crippen molar-refractivity contribution in [3.8, 4) is 0 Å². The van der Waals surface area contributed by atoms with Crippen molar-refractivity contribution in [2.45, 2.75) is 24.7 Å². The monoisotopic (exact) mass is 236 g/mol. The van der Waals surface area contributed by atoms with Crippen LogP contribution in [0.5, 0.6) is 0 Å². The lowest BCUT2D eigenvalue weighted by molar-refractivity contribution is -0.150. The van der Waals surface area contributed by atoms with Crippen molar-refractivity contribution in [2.24, 2.45) is 11.8 Å². The third kappa shape index (κ3) is 1.11. The molecule has 0 saturated heterocycles. The molecule has 3 atom stereocenters. The van der Waals surface area contributed by atoms with Gasteiger partial charge in [-0.25, -0.2) is 0 Å². The van der Waals surface area contributed by atoms with Gasteiger partial charge < -0.3 is 5.11 Å². The molecule has 1 aromatic carbocycles. The first kappa shape index (κ1) is 10.2. The summed E-state index contributed by atoms with van der Waals surface area (Å²) >= 11 is 6.20. The van der Waals surface area contributed by atoms with Crippen LogP contribution >= 0.6 is 11.6 Å². The molecular formula is C13H13ClO2. The normalized spacial score (nSPS) is 35.8.